The molecule has 27 heavy (non-hydrogen) atoms. The number of barbiturate groups is 1. The van der Waals surface area contributed by atoms with Crippen molar-refractivity contribution in [2.24, 2.45) is 0 Å². The molecule has 1 saturated heterocycles. The Hall–Kier alpha value is -2.59. The number of hydrogen-bond donors (Lipinski definition) is 1. The van der Waals surface area contributed by atoms with Gasteiger partial charge in [-0.3, -0.25) is 19.8 Å². The summed E-state index contributed by atoms with van der Waals surface area (Å²) in [6.07, 6.45) is 11.3. The van der Waals surface area contributed by atoms with Crippen molar-refractivity contribution in [3.05, 3.63) is 33.8 Å². The van der Waals surface area contributed by atoms with Gasteiger partial charge in [-0.2, -0.15) is 0 Å². The van der Waals surface area contributed by atoms with E-state index in [1.165, 1.54) is 11.0 Å². The van der Waals surface area contributed by atoms with Crippen molar-refractivity contribution in [2.45, 2.75) is 38.1 Å². The van der Waals surface area contributed by atoms with Gasteiger partial charge in [0.15, 0.2) is 0 Å². The zero-order chi connectivity index (χ0) is 19.4. The molecule has 0 radical (unpaired) electrons. The summed E-state index contributed by atoms with van der Waals surface area (Å²) in [7, 11) is 0. The zero-order valence-electron chi connectivity index (χ0n) is 14.7. The van der Waals surface area contributed by atoms with Crippen LogP contribution in [0.1, 0.15) is 37.7 Å². The predicted octanol–water partition coefficient (Wildman–Crippen LogP) is 3.26. The second kappa shape index (κ2) is 8.40. The number of carbonyl (C=O) groups is 3. The van der Waals surface area contributed by atoms with Gasteiger partial charge in [0, 0.05) is 6.04 Å². The molecule has 3 rings (SSSR count). The van der Waals surface area contributed by atoms with Crippen molar-refractivity contribution in [1.82, 2.24) is 10.2 Å². The highest BCUT2D eigenvalue weighted by atomic mass is 79.9. The standard InChI is InChI=1S/C20H19BrN2O4/c1-2-10-27-17-9-8-13(12-16(17)21)11-15-18(24)22-20(26)23(19(15)25)14-6-4-3-5-7-14/h1,8-9,11-12,14H,3-7,10H2,(H,22,24,26). The summed E-state index contributed by atoms with van der Waals surface area (Å²) in [5.74, 6) is 1.73. The topological polar surface area (TPSA) is 75.7 Å². The van der Waals surface area contributed by atoms with E-state index in [0.29, 0.717) is 15.8 Å². The molecule has 0 spiro atoms. The van der Waals surface area contributed by atoms with E-state index in [1.807, 2.05) is 0 Å². The highest BCUT2D eigenvalue weighted by Crippen LogP contribution is 2.29. The smallest absolute Gasteiger partial charge is 0.331 e. The molecule has 0 atom stereocenters. The Morgan fingerprint density at radius 2 is 2.00 bits per heavy atom. The fraction of sp³-hybridized carbons (Fsp3) is 0.350. The highest BCUT2D eigenvalue weighted by Gasteiger charge is 2.40. The Morgan fingerprint density at radius 3 is 2.67 bits per heavy atom. The molecule has 1 aromatic carbocycles. The first-order valence-electron chi connectivity index (χ1n) is 8.77. The molecular formula is C20H19BrN2O4. The maximum absolute atomic E-state index is 12.9. The normalized spacial score (nSPS) is 19.8. The van der Waals surface area contributed by atoms with Crippen LogP contribution in [0.3, 0.4) is 0 Å². The van der Waals surface area contributed by atoms with Crippen molar-refractivity contribution in [1.29, 1.82) is 0 Å². The molecule has 1 aromatic rings. The average Bonchev–Trinajstić information content (AvgIpc) is 2.65. The Balaban J connectivity index is 1.86. The van der Waals surface area contributed by atoms with Crippen LogP contribution in [0.2, 0.25) is 0 Å². The second-order valence-corrected chi connectivity index (χ2v) is 7.32. The lowest BCUT2D eigenvalue weighted by Gasteiger charge is -2.35. The molecule has 4 amide bonds. The van der Waals surface area contributed by atoms with Crippen LogP contribution in [-0.4, -0.2) is 35.4 Å². The minimum Gasteiger partial charge on any atom is -0.480 e. The fourth-order valence-corrected chi connectivity index (χ4v) is 3.86. The van der Waals surface area contributed by atoms with Crippen LogP contribution in [0.4, 0.5) is 4.79 Å². The molecule has 0 unspecified atom stereocenters. The van der Waals surface area contributed by atoms with E-state index < -0.39 is 17.8 Å². The second-order valence-electron chi connectivity index (χ2n) is 6.47. The lowest BCUT2D eigenvalue weighted by atomic mass is 9.93. The van der Waals surface area contributed by atoms with Crippen molar-refractivity contribution in [2.75, 3.05) is 6.61 Å². The molecule has 0 bridgehead atoms. The van der Waals surface area contributed by atoms with E-state index in [4.69, 9.17) is 11.2 Å². The Labute approximate surface area is 166 Å². The number of amides is 4. The number of urea groups is 1. The van der Waals surface area contributed by atoms with Gasteiger partial charge in [-0.05, 0) is 52.5 Å². The Bertz CT molecular complexity index is 850. The summed E-state index contributed by atoms with van der Waals surface area (Å²) in [5.41, 5.74) is 0.579. The molecule has 140 valence electrons. The van der Waals surface area contributed by atoms with Gasteiger partial charge in [0.1, 0.15) is 17.9 Å². The van der Waals surface area contributed by atoms with Crippen molar-refractivity contribution in [3.8, 4) is 18.1 Å². The van der Waals surface area contributed by atoms with Gasteiger partial charge in [-0.1, -0.05) is 31.2 Å². The molecule has 0 aromatic heterocycles. The van der Waals surface area contributed by atoms with Crippen molar-refractivity contribution in [3.63, 3.8) is 0 Å². The number of carbonyl (C=O) groups excluding carboxylic acids is 3. The monoisotopic (exact) mass is 430 g/mol. The average molecular weight is 431 g/mol. The van der Waals surface area contributed by atoms with Gasteiger partial charge in [0.25, 0.3) is 11.8 Å². The third kappa shape index (κ3) is 4.22. The minimum atomic E-state index is -0.680. The minimum absolute atomic E-state index is 0.0515. The van der Waals surface area contributed by atoms with Crippen LogP contribution in [0.25, 0.3) is 6.08 Å². The summed E-state index contributed by atoms with van der Waals surface area (Å²) in [4.78, 5) is 38.5. The number of ether oxygens (including phenoxy) is 1. The molecule has 7 heteroatoms. The van der Waals surface area contributed by atoms with Crippen molar-refractivity contribution >= 4 is 39.9 Å². The molecule has 2 aliphatic rings. The molecule has 1 aliphatic carbocycles. The first kappa shape index (κ1) is 19.2. The largest absolute Gasteiger partial charge is 0.480 e. The van der Waals surface area contributed by atoms with E-state index in [1.54, 1.807) is 18.2 Å². The molecule has 2 fully saturated rings. The van der Waals surface area contributed by atoms with Gasteiger partial charge in [0.05, 0.1) is 4.47 Å². The summed E-state index contributed by atoms with van der Waals surface area (Å²) >= 11 is 3.38. The zero-order valence-corrected chi connectivity index (χ0v) is 16.3. The molecular weight excluding hydrogens is 412 g/mol. The Kier molecular flexibility index (Phi) is 5.97. The summed E-state index contributed by atoms with van der Waals surface area (Å²) < 4.78 is 6.03. The van der Waals surface area contributed by atoms with Crippen LogP contribution >= 0.6 is 15.9 Å². The number of halogens is 1. The van der Waals surface area contributed by atoms with Gasteiger partial charge < -0.3 is 4.74 Å². The number of hydrogen-bond acceptors (Lipinski definition) is 4. The maximum Gasteiger partial charge on any atom is 0.331 e. The molecule has 1 aliphatic heterocycles. The first-order valence-corrected chi connectivity index (χ1v) is 9.57. The Morgan fingerprint density at radius 1 is 1.26 bits per heavy atom. The van der Waals surface area contributed by atoms with E-state index in [-0.39, 0.29) is 18.2 Å². The highest BCUT2D eigenvalue weighted by molar-refractivity contribution is 9.10. The maximum atomic E-state index is 12.9. The first-order chi connectivity index (χ1) is 13.0. The van der Waals surface area contributed by atoms with E-state index in [9.17, 15) is 14.4 Å². The predicted molar refractivity (Wildman–Crippen MR) is 104 cm³/mol. The van der Waals surface area contributed by atoms with Crippen LogP contribution in [0, 0.1) is 12.3 Å². The van der Waals surface area contributed by atoms with Gasteiger partial charge in [-0.25, -0.2) is 4.79 Å². The molecule has 1 N–H and O–H groups in total. The third-order valence-electron chi connectivity index (χ3n) is 4.65. The van der Waals surface area contributed by atoms with Gasteiger partial charge >= 0.3 is 6.03 Å². The van der Waals surface area contributed by atoms with Crippen LogP contribution in [-0.2, 0) is 9.59 Å². The fourth-order valence-electron chi connectivity index (χ4n) is 3.35. The van der Waals surface area contributed by atoms with Crippen LogP contribution in [0.5, 0.6) is 5.75 Å². The lowest BCUT2D eigenvalue weighted by Crippen LogP contribution is -2.58. The SMILES string of the molecule is C#CCOc1ccc(C=C2C(=O)NC(=O)N(C3CCCCC3)C2=O)cc1Br. The van der Waals surface area contributed by atoms with Crippen molar-refractivity contribution < 1.29 is 19.1 Å². The number of rotatable bonds is 4. The van der Waals surface area contributed by atoms with Crippen LogP contribution in [0.15, 0.2) is 28.2 Å². The summed E-state index contributed by atoms with van der Waals surface area (Å²) in [5, 5.41) is 2.28. The quantitative estimate of drug-likeness (QED) is 0.451. The molecule has 1 heterocycles. The van der Waals surface area contributed by atoms with E-state index in [0.717, 1.165) is 32.1 Å². The number of nitrogens with one attached hydrogen (secondary N) is 1. The van der Waals surface area contributed by atoms with E-state index >= 15 is 0 Å². The van der Waals surface area contributed by atoms with E-state index in [2.05, 4.69) is 27.2 Å². The third-order valence-corrected chi connectivity index (χ3v) is 5.27. The molecule has 1 saturated carbocycles. The number of terminal acetylenes is 1. The van der Waals surface area contributed by atoms with Gasteiger partial charge in [-0.15, -0.1) is 6.42 Å². The number of benzene rings is 1. The summed E-state index contributed by atoms with van der Waals surface area (Å²) in [6.45, 7) is 0.137. The van der Waals surface area contributed by atoms with Crippen LogP contribution < -0.4 is 10.1 Å². The summed E-state index contributed by atoms with van der Waals surface area (Å²) in [6, 6.07) is 4.34. The lowest BCUT2D eigenvalue weighted by molar-refractivity contribution is -0.132. The number of nitrogens with zero attached hydrogens (tertiary/aromatic N) is 1. The van der Waals surface area contributed by atoms with Gasteiger partial charge in [0.2, 0.25) is 0 Å². The number of imide groups is 2. The molecule has 6 nitrogen and oxygen atoms in total.